The Hall–Kier alpha value is -2.90. The van der Waals surface area contributed by atoms with Crippen LogP contribution in [-0.4, -0.2) is 47.4 Å². The summed E-state index contributed by atoms with van der Waals surface area (Å²) in [5.41, 5.74) is -0.413. The highest BCUT2D eigenvalue weighted by Crippen LogP contribution is 2.38. The Morgan fingerprint density at radius 2 is 2.04 bits per heavy atom. The number of rotatable bonds is 5. The number of nitrogens with one attached hydrogen (secondary N) is 2. The van der Waals surface area contributed by atoms with Crippen LogP contribution < -0.4 is 10.6 Å². The van der Waals surface area contributed by atoms with Crippen molar-refractivity contribution in [2.24, 2.45) is 5.92 Å². The molecule has 1 saturated heterocycles. The third-order valence-electron chi connectivity index (χ3n) is 5.50. The van der Waals surface area contributed by atoms with Gasteiger partial charge in [0, 0.05) is 0 Å². The second-order valence-electron chi connectivity index (χ2n) is 7.25. The first-order chi connectivity index (χ1) is 13.4. The standard InChI is InChI=1S/C20H25N3O5/c1-3-28-17(25)14-9-4-5-10-15(14)21-16(24)12-23-18(26)20(22-19(23)27)11-7-6-8-13(20)2/h4-5,9-10,13H,3,6-8,11-12H2,1-2H3,(H,21,24)(H,22,27)/t13-,20+/m0/s1. The fourth-order valence-corrected chi connectivity index (χ4v) is 3.95. The third-order valence-corrected chi connectivity index (χ3v) is 5.50. The van der Waals surface area contributed by atoms with Gasteiger partial charge in [-0.25, -0.2) is 9.59 Å². The van der Waals surface area contributed by atoms with E-state index < -0.39 is 30.0 Å². The first-order valence-corrected chi connectivity index (χ1v) is 9.59. The third kappa shape index (κ3) is 3.58. The molecule has 0 aromatic heterocycles. The maximum Gasteiger partial charge on any atom is 0.340 e. The van der Waals surface area contributed by atoms with E-state index in [2.05, 4.69) is 10.6 Å². The predicted octanol–water partition coefficient (Wildman–Crippen LogP) is 2.30. The van der Waals surface area contributed by atoms with Crippen LogP contribution in [0, 0.1) is 5.92 Å². The fourth-order valence-electron chi connectivity index (χ4n) is 3.95. The Balaban J connectivity index is 1.71. The number of carbonyl (C=O) groups is 4. The summed E-state index contributed by atoms with van der Waals surface area (Å²) in [6.07, 6.45) is 3.34. The number of esters is 1. The predicted molar refractivity (Wildman–Crippen MR) is 102 cm³/mol. The van der Waals surface area contributed by atoms with Crippen molar-refractivity contribution in [1.29, 1.82) is 0 Å². The normalized spacial score (nSPS) is 24.2. The fraction of sp³-hybridized carbons (Fsp3) is 0.500. The highest BCUT2D eigenvalue weighted by Gasteiger charge is 2.55. The van der Waals surface area contributed by atoms with Crippen LogP contribution in [0.3, 0.4) is 0 Å². The van der Waals surface area contributed by atoms with Gasteiger partial charge in [0.2, 0.25) is 5.91 Å². The lowest BCUT2D eigenvalue weighted by Crippen LogP contribution is -2.54. The molecular weight excluding hydrogens is 362 g/mol. The number of hydrogen-bond acceptors (Lipinski definition) is 5. The molecule has 0 bridgehead atoms. The summed E-state index contributed by atoms with van der Waals surface area (Å²) in [7, 11) is 0. The minimum Gasteiger partial charge on any atom is -0.462 e. The van der Waals surface area contributed by atoms with Crippen LogP contribution in [0.25, 0.3) is 0 Å². The van der Waals surface area contributed by atoms with E-state index in [4.69, 9.17) is 4.74 Å². The number of benzene rings is 1. The molecule has 4 amide bonds. The largest absolute Gasteiger partial charge is 0.462 e. The van der Waals surface area contributed by atoms with Gasteiger partial charge in [-0.15, -0.1) is 0 Å². The Bertz CT molecular complexity index is 809. The van der Waals surface area contributed by atoms with Gasteiger partial charge in [0.1, 0.15) is 12.1 Å². The summed E-state index contributed by atoms with van der Waals surface area (Å²) in [5, 5.41) is 5.42. The maximum atomic E-state index is 12.9. The monoisotopic (exact) mass is 387 g/mol. The van der Waals surface area contributed by atoms with Crippen LogP contribution in [0.15, 0.2) is 24.3 Å². The van der Waals surface area contributed by atoms with Crippen LogP contribution >= 0.6 is 0 Å². The van der Waals surface area contributed by atoms with Crippen molar-refractivity contribution in [3.8, 4) is 0 Å². The summed E-state index contributed by atoms with van der Waals surface area (Å²) < 4.78 is 4.99. The van der Waals surface area contributed by atoms with Gasteiger partial charge in [-0.1, -0.05) is 31.9 Å². The van der Waals surface area contributed by atoms with Gasteiger partial charge in [-0.2, -0.15) is 0 Å². The van der Waals surface area contributed by atoms with E-state index in [0.717, 1.165) is 24.2 Å². The quantitative estimate of drug-likeness (QED) is 0.596. The summed E-state index contributed by atoms with van der Waals surface area (Å²) in [6.45, 7) is 3.45. The molecule has 1 heterocycles. The van der Waals surface area contributed by atoms with E-state index in [1.807, 2.05) is 6.92 Å². The molecule has 2 N–H and O–H groups in total. The Morgan fingerprint density at radius 1 is 1.29 bits per heavy atom. The van der Waals surface area contributed by atoms with Crippen LogP contribution in [0.5, 0.6) is 0 Å². The highest BCUT2D eigenvalue weighted by molar-refractivity contribution is 6.11. The van der Waals surface area contributed by atoms with Crippen LogP contribution in [0.1, 0.15) is 49.9 Å². The van der Waals surface area contributed by atoms with Crippen LogP contribution in [0.2, 0.25) is 0 Å². The van der Waals surface area contributed by atoms with Gasteiger partial charge in [-0.05, 0) is 37.8 Å². The first-order valence-electron chi connectivity index (χ1n) is 9.59. The van der Waals surface area contributed by atoms with Gasteiger partial charge in [0.15, 0.2) is 0 Å². The number of carbonyl (C=O) groups excluding carboxylic acids is 4. The molecule has 0 radical (unpaired) electrons. The van der Waals surface area contributed by atoms with Crippen molar-refractivity contribution in [1.82, 2.24) is 10.2 Å². The molecule has 1 spiro atoms. The van der Waals surface area contributed by atoms with Crippen molar-refractivity contribution in [3.05, 3.63) is 29.8 Å². The minimum absolute atomic E-state index is 0.0234. The summed E-state index contributed by atoms with van der Waals surface area (Å²) >= 11 is 0. The number of nitrogens with zero attached hydrogens (tertiary/aromatic N) is 1. The molecule has 1 aliphatic carbocycles. The van der Waals surface area contributed by atoms with Gasteiger partial charge in [0.05, 0.1) is 17.9 Å². The van der Waals surface area contributed by atoms with Crippen molar-refractivity contribution < 1.29 is 23.9 Å². The van der Waals surface area contributed by atoms with Gasteiger partial charge in [-0.3, -0.25) is 14.5 Å². The van der Waals surface area contributed by atoms with Crippen molar-refractivity contribution in [2.75, 3.05) is 18.5 Å². The molecule has 2 fully saturated rings. The number of imide groups is 1. The minimum atomic E-state index is -0.904. The lowest BCUT2D eigenvalue weighted by molar-refractivity contribution is -0.136. The number of amides is 4. The molecule has 3 rings (SSSR count). The zero-order valence-corrected chi connectivity index (χ0v) is 16.1. The summed E-state index contributed by atoms with van der Waals surface area (Å²) in [4.78, 5) is 50.8. The van der Waals surface area contributed by atoms with Gasteiger partial charge in [0.25, 0.3) is 5.91 Å². The molecule has 0 unspecified atom stereocenters. The molecule has 150 valence electrons. The molecule has 8 heteroatoms. The molecule has 1 aliphatic heterocycles. The number of urea groups is 1. The van der Waals surface area contributed by atoms with Gasteiger partial charge < -0.3 is 15.4 Å². The van der Waals surface area contributed by atoms with E-state index in [0.29, 0.717) is 6.42 Å². The lowest BCUT2D eigenvalue weighted by atomic mass is 9.73. The average molecular weight is 387 g/mol. The molecule has 2 aliphatic rings. The first kappa shape index (κ1) is 19.9. The average Bonchev–Trinajstić information content (AvgIpc) is 2.90. The van der Waals surface area contributed by atoms with E-state index in [9.17, 15) is 19.2 Å². The second-order valence-corrected chi connectivity index (χ2v) is 7.25. The molecule has 1 aromatic carbocycles. The van der Waals surface area contributed by atoms with E-state index >= 15 is 0 Å². The molecule has 8 nitrogen and oxygen atoms in total. The highest BCUT2D eigenvalue weighted by atomic mass is 16.5. The number of ether oxygens (including phenoxy) is 1. The smallest absolute Gasteiger partial charge is 0.340 e. The number of hydrogen-bond donors (Lipinski definition) is 2. The zero-order chi connectivity index (χ0) is 20.3. The van der Waals surface area contributed by atoms with Crippen molar-refractivity contribution in [2.45, 2.75) is 45.1 Å². The van der Waals surface area contributed by atoms with E-state index in [1.54, 1.807) is 31.2 Å². The van der Waals surface area contributed by atoms with E-state index in [-0.39, 0.29) is 29.7 Å². The molecule has 1 aromatic rings. The number of anilines is 1. The molecule has 28 heavy (non-hydrogen) atoms. The molecular formula is C20H25N3O5. The zero-order valence-electron chi connectivity index (χ0n) is 16.1. The maximum absolute atomic E-state index is 12.9. The number of para-hydroxylation sites is 1. The summed E-state index contributed by atoms with van der Waals surface area (Å²) in [6, 6.07) is 5.89. The summed E-state index contributed by atoms with van der Waals surface area (Å²) in [5.74, 6) is -1.43. The molecule has 1 saturated carbocycles. The Labute approximate surface area is 163 Å². The lowest BCUT2D eigenvalue weighted by Gasteiger charge is -2.36. The van der Waals surface area contributed by atoms with Gasteiger partial charge >= 0.3 is 12.0 Å². The Kier molecular flexibility index (Phi) is 5.67. The SMILES string of the molecule is CCOC(=O)c1ccccc1NC(=O)CN1C(=O)N[C@@]2(CCCC[C@@H]2C)C1=O. The molecule has 2 atom stereocenters. The van der Waals surface area contributed by atoms with E-state index in [1.165, 1.54) is 0 Å². The van der Waals surface area contributed by atoms with Crippen LogP contribution in [0.4, 0.5) is 10.5 Å². The second kappa shape index (κ2) is 8.00. The van der Waals surface area contributed by atoms with Crippen LogP contribution in [-0.2, 0) is 14.3 Å². The topological polar surface area (TPSA) is 105 Å². The van der Waals surface area contributed by atoms with Crippen molar-refractivity contribution >= 4 is 29.5 Å². The van der Waals surface area contributed by atoms with Crippen molar-refractivity contribution in [3.63, 3.8) is 0 Å². The Morgan fingerprint density at radius 3 is 2.75 bits per heavy atom.